The largest absolute Gasteiger partial charge is 0.387 e. The van der Waals surface area contributed by atoms with Gasteiger partial charge in [0.2, 0.25) is 0 Å². The number of halogens is 1. The second kappa shape index (κ2) is 5.71. The van der Waals surface area contributed by atoms with E-state index in [1.165, 1.54) is 0 Å². The molecule has 1 rings (SSSR count). The van der Waals surface area contributed by atoms with E-state index >= 15 is 0 Å². The van der Waals surface area contributed by atoms with E-state index in [1.54, 1.807) is 0 Å². The summed E-state index contributed by atoms with van der Waals surface area (Å²) < 4.78 is 0.977. The lowest BCUT2D eigenvalue weighted by Gasteiger charge is -2.12. The Balaban J connectivity index is 2.80. The maximum atomic E-state index is 10.1. The zero-order valence-corrected chi connectivity index (χ0v) is 12.4. The third-order valence-corrected chi connectivity index (χ3v) is 3.42. The summed E-state index contributed by atoms with van der Waals surface area (Å²) in [4.78, 5) is 0. The fourth-order valence-electron chi connectivity index (χ4n) is 1.45. The molecule has 1 aromatic carbocycles. The molecule has 0 aliphatic carbocycles. The Kier molecular flexibility index (Phi) is 4.80. The second-order valence-electron chi connectivity index (χ2n) is 5.25. The first-order chi connectivity index (χ1) is 7.81. The molecule has 92 valence electrons. The molecule has 0 spiro atoms. The van der Waals surface area contributed by atoms with Crippen molar-refractivity contribution in [2.24, 2.45) is 5.41 Å². The van der Waals surface area contributed by atoms with Crippen molar-refractivity contribution in [3.63, 3.8) is 0 Å². The molecule has 0 bridgehead atoms. The number of hydrogen-bond acceptors (Lipinski definition) is 1. The van der Waals surface area contributed by atoms with Crippen molar-refractivity contribution >= 4 is 15.9 Å². The minimum atomic E-state index is -0.529. The Labute approximate surface area is 112 Å². The highest BCUT2D eigenvalue weighted by atomic mass is 79.9. The van der Waals surface area contributed by atoms with Crippen LogP contribution in [0.4, 0.5) is 0 Å². The van der Waals surface area contributed by atoms with E-state index in [0.717, 1.165) is 15.6 Å². The van der Waals surface area contributed by atoms with Crippen LogP contribution in [0.5, 0.6) is 0 Å². The van der Waals surface area contributed by atoms with Crippen LogP contribution in [-0.4, -0.2) is 5.11 Å². The molecule has 17 heavy (non-hydrogen) atoms. The Morgan fingerprint density at radius 3 is 2.59 bits per heavy atom. The van der Waals surface area contributed by atoms with Gasteiger partial charge in [0.1, 0.15) is 0 Å². The summed E-state index contributed by atoms with van der Waals surface area (Å²) in [5.74, 6) is 6.18. The van der Waals surface area contributed by atoms with Gasteiger partial charge < -0.3 is 5.11 Å². The van der Waals surface area contributed by atoms with Crippen LogP contribution in [0.25, 0.3) is 0 Å². The van der Waals surface area contributed by atoms with Gasteiger partial charge in [-0.05, 0) is 38.8 Å². The van der Waals surface area contributed by atoms with Crippen LogP contribution < -0.4 is 0 Å². The molecule has 0 heterocycles. The average Bonchev–Trinajstić information content (AvgIpc) is 2.20. The first kappa shape index (κ1) is 14.3. The Morgan fingerprint density at radius 1 is 1.35 bits per heavy atom. The Morgan fingerprint density at radius 2 is 2.00 bits per heavy atom. The van der Waals surface area contributed by atoms with Crippen LogP contribution in [0.1, 0.15) is 44.4 Å². The molecule has 0 amide bonds. The number of rotatable bonds is 2. The highest BCUT2D eigenvalue weighted by Gasteiger charge is 2.11. The van der Waals surface area contributed by atoms with E-state index in [9.17, 15) is 5.11 Å². The highest BCUT2D eigenvalue weighted by Crippen LogP contribution is 2.28. The fourth-order valence-corrected chi connectivity index (χ4v) is 1.98. The number of aryl methyl sites for hydroxylation is 1. The maximum Gasteiger partial charge on any atom is 0.0910 e. The van der Waals surface area contributed by atoms with Crippen molar-refractivity contribution < 1.29 is 5.11 Å². The summed E-state index contributed by atoms with van der Waals surface area (Å²) in [6, 6.07) is 5.90. The average molecular weight is 295 g/mol. The van der Waals surface area contributed by atoms with Crippen molar-refractivity contribution in [3.8, 4) is 11.8 Å². The summed E-state index contributed by atoms with van der Waals surface area (Å²) in [5.41, 5.74) is 2.03. The molecule has 1 atom stereocenters. The van der Waals surface area contributed by atoms with E-state index in [0.29, 0.717) is 6.42 Å². The van der Waals surface area contributed by atoms with E-state index < -0.39 is 6.10 Å². The lowest BCUT2D eigenvalue weighted by atomic mass is 9.97. The summed E-state index contributed by atoms with van der Waals surface area (Å²) in [5, 5.41) is 10.1. The van der Waals surface area contributed by atoms with Crippen LogP contribution in [0, 0.1) is 24.2 Å². The lowest BCUT2D eigenvalue weighted by Crippen LogP contribution is -2.01. The molecule has 0 saturated carbocycles. The van der Waals surface area contributed by atoms with Gasteiger partial charge in [0.05, 0.1) is 6.10 Å². The molecule has 0 fully saturated rings. The molecule has 0 aliphatic rings. The molecular weight excluding hydrogens is 276 g/mol. The Hall–Kier alpha value is -0.780. The van der Waals surface area contributed by atoms with Gasteiger partial charge in [0.25, 0.3) is 0 Å². The van der Waals surface area contributed by atoms with Gasteiger partial charge in [-0.2, -0.15) is 0 Å². The fraction of sp³-hybridized carbons (Fsp3) is 0.467. The van der Waals surface area contributed by atoms with Crippen molar-refractivity contribution in [2.75, 3.05) is 0 Å². The first-order valence-electron chi connectivity index (χ1n) is 5.74. The standard InChI is InChI=1S/C15H19BrO/c1-11-7-5-8-12(14(11)16)13(17)9-6-10-15(2,3)4/h5,7-8,13,17H,9H2,1-4H3. The van der Waals surface area contributed by atoms with E-state index in [2.05, 4.69) is 48.5 Å². The zero-order chi connectivity index (χ0) is 13.1. The second-order valence-corrected chi connectivity index (χ2v) is 6.04. The molecular formula is C15H19BrO. The SMILES string of the molecule is Cc1cccc(C(O)CC#CC(C)(C)C)c1Br. The van der Waals surface area contributed by atoms with Crippen LogP contribution in [0.3, 0.4) is 0 Å². The number of benzene rings is 1. The minimum absolute atomic E-state index is 0.0104. The summed E-state index contributed by atoms with van der Waals surface area (Å²) in [6.45, 7) is 8.21. The molecule has 1 aromatic rings. The van der Waals surface area contributed by atoms with Crippen molar-refractivity contribution in [3.05, 3.63) is 33.8 Å². The molecule has 1 unspecified atom stereocenters. The molecule has 1 nitrogen and oxygen atoms in total. The van der Waals surface area contributed by atoms with Gasteiger partial charge in [0, 0.05) is 16.3 Å². The van der Waals surface area contributed by atoms with Gasteiger partial charge in [-0.1, -0.05) is 46.0 Å². The van der Waals surface area contributed by atoms with E-state index in [-0.39, 0.29) is 5.41 Å². The molecule has 2 heteroatoms. The molecule has 0 radical (unpaired) electrons. The minimum Gasteiger partial charge on any atom is -0.387 e. The topological polar surface area (TPSA) is 20.2 Å². The normalized spacial score (nSPS) is 12.8. The van der Waals surface area contributed by atoms with Gasteiger partial charge in [0.15, 0.2) is 0 Å². The van der Waals surface area contributed by atoms with Gasteiger partial charge in [-0.15, -0.1) is 0 Å². The maximum absolute atomic E-state index is 10.1. The van der Waals surface area contributed by atoms with Crippen molar-refractivity contribution in [1.82, 2.24) is 0 Å². The summed E-state index contributed by atoms with van der Waals surface area (Å²) in [7, 11) is 0. The molecule has 0 aromatic heterocycles. The predicted octanol–water partition coefficient (Wildman–Crippen LogP) is 4.23. The number of hydrogen-bond donors (Lipinski definition) is 1. The Bertz CT molecular complexity index is 446. The summed E-state index contributed by atoms with van der Waals surface area (Å²) in [6.07, 6.45) is -0.0570. The molecule has 0 saturated heterocycles. The quantitative estimate of drug-likeness (QED) is 0.809. The first-order valence-corrected chi connectivity index (χ1v) is 6.53. The zero-order valence-electron chi connectivity index (χ0n) is 10.8. The third kappa shape index (κ3) is 4.53. The van der Waals surface area contributed by atoms with Gasteiger partial charge in [-0.3, -0.25) is 0 Å². The predicted molar refractivity (Wildman–Crippen MR) is 75.7 cm³/mol. The van der Waals surface area contributed by atoms with Gasteiger partial charge >= 0.3 is 0 Å². The van der Waals surface area contributed by atoms with Crippen LogP contribution >= 0.6 is 15.9 Å². The summed E-state index contributed by atoms with van der Waals surface area (Å²) >= 11 is 3.50. The van der Waals surface area contributed by atoms with E-state index in [1.807, 2.05) is 25.1 Å². The molecule has 0 aliphatic heterocycles. The van der Waals surface area contributed by atoms with Crippen molar-refractivity contribution in [2.45, 2.75) is 40.2 Å². The number of aliphatic hydroxyl groups is 1. The van der Waals surface area contributed by atoms with Gasteiger partial charge in [-0.25, -0.2) is 0 Å². The van der Waals surface area contributed by atoms with E-state index in [4.69, 9.17) is 0 Å². The van der Waals surface area contributed by atoms with Crippen LogP contribution in [0.15, 0.2) is 22.7 Å². The monoisotopic (exact) mass is 294 g/mol. The molecule has 1 N–H and O–H groups in total. The smallest absolute Gasteiger partial charge is 0.0910 e. The number of aliphatic hydroxyl groups excluding tert-OH is 1. The lowest BCUT2D eigenvalue weighted by molar-refractivity contribution is 0.183. The third-order valence-electron chi connectivity index (χ3n) is 2.34. The highest BCUT2D eigenvalue weighted by molar-refractivity contribution is 9.10. The van der Waals surface area contributed by atoms with Crippen LogP contribution in [0.2, 0.25) is 0 Å². The van der Waals surface area contributed by atoms with Crippen molar-refractivity contribution in [1.29, 1.82) is 0 Å². The van der Waals surface area contributed by atoms with Crippen LogP contribution in [-0.2, 0) is 0 Å².